The topological polar surface area (TPSA) is 170 Å². The van der Waals surface area contributed by atoms with Crippen molar-refractivity contribution in [1.82, 2.24) is 5.32 Å². The Morgan fingerprint density at radius 2 is 1.41 bits per heavy atom. The van der Waals surface area contributed by atoms with Gasteiger partial charge in [-0.25, -0.2) is 4.79 Å². The van der Waals surface area contributed by atoms with Gasteiger partial charge in [-0.3, -0.25) is 24.0 Å². The molecule has 6 atom stereocenters. The van der Waals surface area contributed by atoms with Crippen LogP contribution in [0.25, 0.3) is 0 Å². The molecule has 1 aliphatic heterocycles. The molecule has 0 aromatic heterocycles. The maximum atomic E-state index is 12.7. The van der Waals surface area contributed by atoms with E-state index >= 15 is 0 Å². The van der Waals surface area contributed by atoms with Gasteiger partial charge in [0.05, 0.1) is 7.11 Å². The monoisotopic (exact) mass is 569 g/mol. The lowest BCUT2D eigenvalue weighted by Crippen LogP contribution is -2.61. The zero-order valence-electron chi connectivity index (χ0n) is 22.1. The van der Waals surface area contributed by atoms with Crippen molar-refractivity contribution < 1.29 is 57.2 Å². The minimum atomic E-state index is -1.35. The molecule has 1 heterocycles. The van der Waals surface area contributed by atoms with Crippen molar-refractivity contribution in [3.8, 4) is 0 Å². The van der Waals surface area contributed by atoms with Crippen LogP contribution in [0.1, 0.15) is 38.1 Å². The van der Waals surface area contributed by atoms with Crippen LogP contribution < -0.4 is 5.32 Å². The highest BCUT2D eigenvalue weighted by molar-refractivity contribution is 7.99. The summed E-state index contributed by atoms with van der Waals surface area (Å²) in [5, 5.41) is 2.59. The van der Waals surface area contributed by atoms with Gasteiger partial charge < -0.3 is 33.7 Å². The molecule has 2 rings (SSSR count). The van der Waals surface area contributed by atoms with E-state index in [1.165, 1.54) is 0 Å². The van der Waals surface area contributed by atoms with Gasteiger partial charge in [0.2, 0.25) is 0 Å². The second-order valence-electron chi connectivity index (χ2n) is 8.32. The second kappa shape index (κ2) is 15.1. The molecule has 1 N–H and O–H groups in total. The summed E-state index contributed by atoms with van der Waals surface area (Å²) in [7, 11) is 1.16. The predicted octanol–water partition coefficient (Wildman–Crippen LogP) is 0.774. The summed E-state index contributed by atoms with van der Waals surface area (Å²) in [6, 6.07) is 7.03. The summed E-state index contributed by atoms with van der Waals surface area (Å²) < 4.78 is 32.0. The standard InChI is InChI=1S/C25H31NO12S/c1-13(27)34-11-19-20(35-14(2)28)21(36-15(3)29)22(37-16(4)30)25(38-19)39-12-18(24(32)33-5)26-23(31)17-9-7-6-8-10-17/h6-10,18-22,25H,11-12H2,1-5H3,(H,26,31)/t18-,19+,20+,21-,22+,25+/m0/s1. The lowest BCUT2D eigenvalue weighted by molar-refractivity contribution is -0.237. The van der Waals surface area contributed by atoms with Crippen molar-refractivity contribution in [1.29, 1.82) is 0 Å². The number of hydrogen-bond donors (Lipinski definition) is 1. The van der Waals surface area contributed by atoms with E-state index in [4.69, 9.17) is 28.4 Å². The molecule has 13 nitrogen and oxygen atoms in total. The molecule has 1 aromatic rings. The normalized spacial score (nSPS) is 22.9. The molecule has 14 heteroatoms. The van der Waals surface area contributed by atoms with Gasteiger partial charge in [0.25, 0.3) is 5.91 Å². The van der Waals surface area contributed by atoms with E-state index in [9.17, 15) is 28.8 Å². The lowest BCUT2D eigenvalue weighted by Gasteiger charge is -2.44. The van der Waals surface area contributed by atoms with Crippen LogP contribution in [0.2, 0.25) is 0 Å². The van der Waals surface area contributed by atoms with Gasteiger partial charge in [-0.2, -0.15) is 0 Å². The molecule has 0 saturated carbocycles. The molecular formula is C25H31NO12S. The van der Waals surface area contributed by atoms with Gasteiger partial charge in [0.1, 0.15) is 24.2 Å². The van der Waals surface area contributed by atoms with E-state index in [0.717, 1.165) is 46.6 Å². The maximum absolute atomic E-state index is 12.7. The average Bonchev–Trinajstić information content (AvgIpc) is 2.87. The fraction of sp³-hybridized carbons (Fsp3) is 0.520. The Morgan fingerprint density at radius 3 is 1.95 bits per heavy atom. The molecular weight excluding hydrogens is 538 g/mol. The second-order valence-corrected chi connectivity index (χ2v) is 9.45. The van der Waals surface area contributed by atoms with E-state index in [1.807, 2.05) is 0 Å². The summed E-state index contributed by atoms with van der Waals surface area (Å²) >= 11 is 0.939. The molecule has 0 bridgehead atoms. The quantitative estimate of drug-likeness (QED) is 0.293. The number of carbonyl (C=O) groups is 6. The van der Waals surface area contributed by atoms with Crippen LogP contribution in [0, 0.1) is 0 Å². The van der Waals surface area contributed by atoms with Crippen molar-refractivity contribution in [2.24, 2.45) is 0 Å². The Labute approximate surface area is 229 Å². The Bertz CT molecular complexity index is 1050. The van der Waals surface area contributed by atoms with E-state index in [-0.39, 0.29) is 12.4 Å². The van der Waals surface area contributed by atoms with Gasteiger partial charge in [0, 0.05) is 39.0 Å². The van der Waals surface area contributed by atoms with Crippen molar-refractivity contribution in [2.75, 3.05) is 19.5 Å². The summed E-state index contributed by atoms with van der Waals surface area (Å²) in [4.78, 5) is 72.4. The Kier molecular flexibility index (Phi) is 12.2. The molecule has 1 amide bonds. The zero-order valence-corrected chi connectivity index (χ0v) is 22.9. The average molecular weight is 570 g/mol. The smallest absolute Gasteiger partial charge is 0.329 e. The van der Waals surface area contributed by atoms with E-state index in [1.54, 1.807) is 30.3 Å². The van der Waals surface area contributed by atoms with E-state index in [0.29, 0.717) is 5.56 Å². The first-order valence-electron chi connectivity index (χ1n) is 11.8. The highest BCUT2D eigenvalue weighted by Gasteiger charge is 2.52. The first kappa shape index (κ1) is 31.6. The van der Waals surface area contributed by atoms with Crippen LogP contribution in [0.15, 0.2) is 30.3 Å². The van der Waals surface area contributed by atoms with E-state index in [2.05, 4.69) is 5.32 Å². The third-order valence-electron chi connectivity index (χ3n) is 5.20. The van der Waals surface area contributed by atoms with Crippen LogP contribution in [-0.2, 0) is 52.4 Å². The summed E-state index contributed by atoms with van der Waals surface area (Å²) in [6.07, 6.45) is -5.10. The number of carbonyl (C=O) groups excluding carboxylic acids is 6. The van der Waals surface area contributed by atoms with E-state index < -0.39 is 71.6 Å². The molecule has 0 unspecified atom stereocenters. The zero-order chi connectivity index (χ0) is 29.1. The fourth-order valence-corrected chi connectivity index (χ4v) is 4.88. The number of methoxy groups -OCH3 is 1. The number of thioether (sulfide) groups is 1. The minimum absolute atomic E-state index is 0.126. The number of hydrogen-bond acceptors (Lipinski definition) is 13. The molecule has 1 saturated heterocycles. The molecule has 0 aliphatic carbocycles. The van der Waals surface area contributed by atoms with Gasteiger partial charge in [-0.15, -0.1) is 11.8 Å². The number of esters is 5. The largest absolute Gasteiger partial charge is 0.467 e. The van der Waals surface area contributed by atoms with Crippen molar-refractivity contribution in [3.63, 3.8) is 0 Å². The van der Waals surface area contributed by atoms with Gasteiger partial charge in [0.15, 0.2) is 18.3 Å². The first-order valence-corrected chi connectivity index (χ1v) is 12.8. The molecule has 214 valence electrons. The molecule has 1 fully saturated rings. The Balaban J connectivity index is 2.36. The SMILES string of the molecule is COC(=O)[C@H](CS[C@H]1O[C@H](COC(C)=O)[C@@H](OC(C)=O)[C@H](OC(C)=O)[C@H]1OC(C)=O)NC(=O)c1ccccc1. The number of amides is 1. The maximum Gasteiger partial charge on any atom is 0.329 e. The van der Waals surface area contributed by atoms with Crippen molar-refractivity contribution >= 4 is 47.5 Å². The van der Waals surface area contributed by atoms with Crippen molar-refractivity contribution in [2.45, 2.75) is 63.6 Å². The molecule has 0 spiro atoms. The lowest BCUT2D eigenvalue weighted by atomic mass is 9.99. The third-order valence-corrected chi connectivity index (χ3v) is 6.44. The molecule has 0 radical (unpaired) electrons. The van der Waals surface area contributed by atoms with Crippen LogP contribution in [0.5, 0.6) is 0 Å². The van der Waals surface area contributed by atoms with Crippen LogP contribution in [0.3, 0.4) is 0 Å². The molecule has 1 aliphatic rings. The number of benzene rings is 1. The summed E-state index contributed by atoms with van der Waals surface area (Å²) in [6.45, 7) is 4.12. The number of nitrogens with one attached hydrogen (secondary N) is 1. The van der Waals surface area contributed by atoms with Crippen LogP contribution >= 0.6 is 11.8 Å². The summed E-state index contributed by atoms with van der Waals surface area (Å²) in [5.74, 6) is -4.34. The highest BCUT2D eigenvalue weighted by Crippen LogP contribution is 2.34. The van der Waals surface area contributed by atoms with Gasteiger partial charge >= 0.3 is 29.8 Å². The Morgan fingerprint density at radius 1 is 0.846 bits per heavy atom. The highest BCUT2D eigenvalue weighted by atomic mass is 32.2. The van der Waals surface area contributed by atoms with Crippen LogP contribution in [-0.4, -0.2) is 91.1 Å². The third kappa shape index (κ3) is 9.87. The van der Waals surface area contributed by atoms with Crippen LogP contribution in [0.4, 0.5) is 0 Å². The predicted molar refractivity (Wildman–Crippen MR) is 134 cm³/mol. The fourth-order valence-electron chi connectivity index (χ4n) is 3.66. The number of rotatable bonds is 11. The molecule has 39 heavy (non-hydrogen) atoms. The van der Waals surface area contributed by atoms with Gasteiger partial charge in [-0.05, 0) is 12.1 Å². The first-order chi connectivity index (χ1) is 18.4. The van der Waals surface area contributed by atoms with Crippen molar-refractivity contribution in [3.05, 3.63) is 35.9 Å². The summed E-state index contributed by atoms with van der Waals surface area (Å²) in [5.41, 5.74) is -0.810. The number of ether oxygens (including phenoxy) is 6. The Hall–Kier alpha value is -3.65. The minimum Gasteiger partial charge on any atom is -0.467 e. The van der Waals surface area contributed by atoms with Gasteiger partial charge in [-0.1, -0.05) is 18.2 Å². The molecule has 1 aromatic carbocycles.